The average molecular weight is 903 g/mol. The second-order valence-electron chi connectivity index (χ2n) is 15.2. The summed E-state index contributed by atoms with van der Waals surface area (Å²) in [5.41, 5.74) is 4.94. The first kappa shape index (κ1) is 58.6. The molecule has 1 atom stereocenters. The summed E-state index contributed by atoms with van der Waals surface area (Å²) in [6.45, 7) is 2.16. The Bertz CT molecular complexity index is 1270. The molecule has 20 nitrogen and oxygen atoms in total. The number of aliphatic carboxylic acids is 2. The molecular weight excluding hydrogens is 825 g/mol. The normalized spacial score (nSPS) is 11.4. The molecule has 0 saturated heterocycles. The maximum Gasteiger partial charge on any atom is 0.326 e. The van der Waals surface area contributed by atoms with Crippen LogP contribution in [0, 0.1) is 0 Å². The molecule has 1 unspecified atom stereocenters. The van der Waals surface area contributed by atoms with Crippen molar-refractivity contribution in [2.75, 3.05) is 79.0 Å². The number of amides is 6. The van der Waals surface area contributed by atoms with Crippen LogP contribution in [0.3, 0.4) is 0 Å². The maximum absolute atomic E-state index is 12.3. The van der Waals surface area contributed by atoms with Crippen molar-refractivity contribution in [2.45, 2.75) is 147 Å². The van der Waals surface area contributed by atoms with Gasteiger partial charge < -0.3 is 61.5 Å². The summed E-state index contributed by atoms with van der Waals surface area (Å²) in [5, 5.41) is 31.4. The van der Waals surface area contributed by atoms with Crippen LogP contribution in [-0.2, 0) is 57.3 Å². The Morgan fingerprint density at radius 3 is 1.25 bits per heavy atom. The number of carbonyl (C=O) groups is 8. The van der Waals surface area contributed by atoms with Gasteiger partial charge in [0, 0.05) is 58.3 Å². The molecular formula is C43H78N6O14. The van der Waals surface area contributed by atoms with Gasteiger partial charge >= 0.3 is 11.9 Å². The first-order valence-corrected chi connectivity index (χ1v) is 22.8. The third-order valence-electron chi connectivity index (χ3n) is 9.50. The van der Waals surface area contributed by atoms with Gasteiger partial charge in [-0.1, -0.05) is 77.0 Å². The van der Waals surface area contributed by atoms with Crippen LogP contribution in [0.1, 0.15) is 141 Å². The van der Waals surface area contributed by atoms with Crippen molar-refractivity contribution < 1.29 is 67.5 Å². The molecule has 63 heavy (non-hydrogen) atoms. The highest BCUT2D eigenvalue weighted by molar-refractivity contribution is 5.84. The summed E-state index contributed by atoms with van der Waals surface area (Å²) in [4.78, 5) is 93.2. The highest BCUT2D eigenvalue weighted by Gasteiger charge is 2.21. The van der Waals surface area contributed by atoms with Crippen LogP contribution < -0.4 is 32.3 Å². The minimum Gasteiger partial charge on any atom is -0.481 e. The van der Waals surface area contributed by atoms with E-state index in [-0.39, 0.29) is 122 Å². The van der Waals surface area contributed by atoms with Crippen LogP contribution in [0.15, 0.2) is 0 Å². The van der Waals surface area contributed by atoms with Gasteiger partial charge in [-0.25, -0.2) is 4.79 Å². The molecule has 0 aromatic carbocycles. The molecule has 0 aliphatic carbocycles. The lowest BCUT2D eigenvalue weighted by molar-refractivity contribution is -0.142. The molecule has 6 amide bonds. The largest absolute Gasteiger partial charge is 0.481 e. The fourth-order valence-corrected chi connectivity index (χ4v) is 6.05. The van der Waals surface area contributed by atoms with Crippen molar-refractivity contribution in [1.29, 1.82) is 0 Å². The smallest absolute Gasteiger partial charge is 0.326 e. The topological polar surface area (TPSA) is 300 Å². The lowest BCUT2D eigenvalue weighted by Gasteiger charge is -2.14. The summed E-state index contributed by atoms with van der Waals surface area (Å²) in [6, 6.07) is -1.23. The number of unbranched alkanes of at least 4 members (excludes halogenated alkanes) is 13. The number of hydrogen-bond donors (Lipinski definition) is 8. The molecule has 0 bridgehead atoms. The van der Waals surface area contributed by atoms with Crippen molar-refractivity contribution >= 4 is 47.4 Å². The molecule has 0 aliphatic heterocycles. The molecule has 0 aliphatic rings. The van der Waals surface area contributed by atoms with Gasteiger partial charge in [0.25, 0.3) is 0 Å². The Labute approximate surface area is 372 Å². The van der Waals surface area contributed by atoms with Gasteiger partial charge in [0.05, 0.1) is 39.6 Å². The predicted molar refractivity (Wildman–Crippen MR) is 233 cm³/mol. The van der Waals surface area contributed by atoms with Crippen LogP contribution in [0.5, 0.6) is 0 Å². The number of nitrogens with two attached hydrogens (primary N) is 1. The Morgan fingerprint density at radius 2 is 0.778 bits per heavy atom. The lowest BCUT2D eigenvalue weighted by atomic mass is 10.0. The molecule has 0 spiro atoms. The lowest BCUT2D eigenvalue weighted by Crippen LogP contribution is -2.41. The molecule has 0 saturated carbocycles. The fourth-order valence-electron chi connectivity index (χ4n) is 6.05. The van der Waals surface area contributed by atoms with Crippen LogP contribution in [-0.4, -0.2) is 143 Å². The molecule has 9 N–H and O–H groups in total. The zero-order chi connectivity index (χ0) is 46.6. The monoisotopic (exact) mass is 903 g/mol. The van der Waals surface area contributed by atoms with Gasteiger partial charge in [-0.3, -0.25) is 33.6 Å². The number of rotatable bonds is 46. The van der Waals surface area contributed by atoms with Crippen molar-refractivity contribution in [3.05, 3.63) is 0 Å². The number of hydrogen-bond acceptors (Lipinski definition) is 12. The van der Waals surface area contributed by atoms with Crippen molar-refractivity contribution in [3.63, 3.8) is 0 Å². The summed E-state index contributed by atoms with van der Waals surface area (Å²) in [7, 11) is 0. The number of carboxylic acid groups (broad SMARTS) is 2. The van der Waals surface area contributed by atoms with E-state index >= 15 is 0 Å². The van der Waals surface area contributed by atoms with E-state index in [1.807, 2.05) is 0 Å². The van der Waals surface area contributed by atoms with Gasteiger partial charge in [0.1, 0.15) is 19.3 Å². The molecule has 0 rings (SSSR count). The van der Waals surface area contributed by atoms with E-state index in [0.29, 0.717) is 25.8 Å². The van der Waals surface area contributed by atoms with Gasteiger partial charge in [0.2, 0.25) is 35.4 Å². The molecule has 0 aromatic rings. The van der Waals surface area contributed by atoms with Crippen LogP contribution in [0.2, 0.25) is 0 Å². The minimum absolute atomic E-state index is 0.0349. The van der Waals surface area contributed by atoms with E-state index in [4.69, 9.17) is 29.8 Å². The molecule has 0 fully saturated rings. The van der Waals surface area contributed by atoms with E-state index in [9.17, 15) is 43.5 Å². The SMILES string of the molecule is NC(=O)COCCOCCNC(=O)COCCOCCNC(=O)CCCNC(=O)CCC(NC(=O)CCCNC(=O)CCCCCCCCCCCCCCCCC(=O)O)C(=O)O. The van der Waals surface area contributed by atoms with Gasteiger partial charge in [-0.15, -0.1) is 0 Å². The molecule has 364 valence electrons. The van der Waals surface area contributed by atoms with Gasteiger partial charge in [0.15, 0.2) is 0 Å². The Kier molecular flexibility index (Phi) is 39.9. The molecule has 20 heteroatoms. The Balaban J connectivity index is 3.73. The number of carboxylic acids is 2. The number of ether oxygens (including phenoxy) is 4. The first-order valence-electron chi connectivity index (χ1n) is 22.8. The van der Waals surface area contributed by atoms with Crippen LogP contribution >= 0.6 is 0 Å². The molecule has 0 aromatic heterocycles. The Morgan fingerprint density at radius 1 is 0.397 bits per heavy atom. The summed E-state index contributed by atoms with van der Waals surface area (Å²) >= 11 is 0. The second kappa shape index (κ2) is 42.9. The Hall–Kier alpha value is -4.40. The number of carbonyl (C=O) groups excluding carboxylic acids is 6. The second-order valence-corrected chi connectivity index (χ2v) is 15.2. The molecule has 0 heterocycles. The zero-order valence-corrected chi connectivity index (χ0v) is 37.5. The van der Waals surface area contributed by atoms with E-state index in [1.165, 1.54) is 44.9 Å². The van der Waals surface area contributed by atoms with Crippen molar-refractivity contribution in [1.82, 2.24) is 26.6 Å². The highest BCUT2D eigenvalue weighted by Crippen LogP contribution is 2.14. The summed E-state index contributed by atoms with van der Waals surface area (Å²) < 4.78 is 20.8. The average Bonchev–Trinajstić information content (AvgIpc) is 3.23. The van der Waals surface area contributed by atoms with Gasteiger partial charge in [-0.05, 0) is 32.1 Å². The standard InChI is InChI=1S/C43H78N6O14/c44-36(50)33-62-31-29-61-28-26-48-41(55)34-63-32-30-60-27-25-47-38(52)18-15-23-46-39(53)22-21-35(43(58)59)49-40(54)19-16-24-45-37(51)17-13-11-9-7-5-3-1-2-4-6-8-10-12-14-20-42(56)57/h35H,1-34H2,(H2,44,50)(H,45,51)(H,46,53)(H,47,52)(H,48,55)(H,49,54)(H,56,57)(H,58,59). The quantitative estimate of drug-likeness (QED) is 0.0407. The third-order valence-corrected chi connectivity index (χ3v) is 9.50. The zero-order valence-electron chi connectivity index (χ0n) is 37.5. The van der Waals surface area contributed by atoms with E-state index < -0.39 is 35.7 Å². The van der Waals surface area contributed by atoms with Gasteiger partial charge in [-0.2, -0.15) is 0 Å². The van der Waals surface area contributed by atoms with Crippen LogP contribution in [0.4, 0.5) is 0 Å². The highest BCUT2D eigenvalue weighted by atomic mass is 16.5. The van der Waals surface area contributed by atoms with Crippen LogP contribution in [0.25, 0.3) is 0 Å². The van der Waals surface area contributed by atoms with E-state index in [2.05, 4.69) is 26.6 Å². The number of primary amides is 1. The van der Waals surface area contributed by atoms with E-state index in [0.717, 1.165) is 44.9 Å². The molecule has 0 radical (unpaired) electrons. The summed E-state index contributed by atoms with van der Waals surface area (Å²) in [5.74, 6) is -4.01. The predicted octanol–water partition coefficient (Wildman–Crippen LogP) is 2.24. The fraction of sp³-hybridized carbons (Fsp3) is 0.814. The van der Waals surface area contributed by atoms with Crippen molar-refractivity contribution in [3.8, 4) is 0 Å². The van der Waals surface area contributed by atoms with Crippen molar-refractivity contribution in [2.24, 2.45) is 5.73 Å². The maximum atomic E-state index is 12.3. The number of nitrogens with one attached hydrogen (secondary N) is 5. The third kappa shape index (κ3) is 44.0. The van der Waals surface area contributed by atoms with E-state index in [1.54, 1.807) is 0 Å². The first-order chi connectivity index (χ1) is 30.4. The minimum atomic E-state index is -1.25. The summed E-state index contributed by atoms with van der Waals surface area (Å²) in [6.07, 6.45) is 16.9.